The minimum absolute atomic E-state index is 0.0542. The zero-order valence-corrected chi connectivity index (χ0v) is 24.6. The van der Waals surface area contributed by atoms with Crippen LogP contribution in [0.1, 0.15) is 33.5 Å². The highest BCUT2D eigenvalue weighted by Gasteiger charge is 2.23. The first-order chi connectivity index (χ1) is 20.7. The van der Waals surface area contributed by atoms with Gasteiger partial charge in [-0.1, -0.05) is 42.5 Å². The van der Waals surface area contributed by atoms with Crippen molar-refractivity contribution < 1.29 is 23.5 Å². The Morgan fingerprint density at radius 3 is 2.40 bits per heavy atom. The summed E-state index contributed by atoms with van der Waals surface area (Å²) in [4.78, 5) is 30.6. The van der Waals surface area contributed by atoms with Gasteiger partial charge >= 0.3 is 5.97 Å². The zero-order chi connectivity index (χ0) is 30.9. The third-order valence-electron chi connectivity index (χ3n) is 7.06. The number of anilines is 1. The Hall–Kier alpha value is -4.68. The number of halogens is 2. The van der Waals surface area contributed by atoms with Crippen molar-refractivity contribution in [2.24, 2.45) is 0 Å². The number of hydrogen-bond acceptors (Lipinski definition) is 4. The summed E-state index contributed by atoms with van der Waals surface area (Å²) in [7, 11) is 0. The van der Waals surface area contributed by atoms with Gasteiger partial charge in [-0.05, 0) is 90.1 Å². The maximum absolute atomic E-state index is 14.7. The molecule has 0 saturated carbocycles. The molecule has 4 aromatic carbocycles. The van der Waals surface area contributed by atoms with Gasteiger partial charge in [0.15, 0.2) is 5.69 Å². The fourth-order valence-corrected chi connectivity index (χ4v) is 5.25. The number of carboxylic acid groups (broad SMARTS) is 1. The molecule has 0 aliphatic heterocycles. The Kier molecular flexibility index (Phi) is 10.5. The van der Waals surface area contributed by atoms with E-state index in [1.165, 1.54) is 11.8 Å². The number of thioether (sulfide) groups is 1. The molecule has 0 fully saturated rings. The van der Waals surface area contributed by atoms with Gasteiger partial charge in [-0.2, -0.15) is 11.8 Å². The Bertz CT molecular complexity index is 1650. The molecule has 4 aromatic rings. The van der Waals surface area contributed by atoms with Crippen LogP contribution in [0, 0.1) is 25.1 Å². The molecule has 6 nitrogen and oxygen atoms in total. The number of amides is 1. The molecule has 43 heavy (non-hydrogen) atoms. The highest BCUT2D eigenvalue weighted by molar-refractivity contribution is 7.98. The SMILES string of the molecule is [C-]#[N+]c1ccc(N(Cc2ccc(C(=O)N[C@@H](CCSC)C(=O)O)c(-c3ccccc3C)c2)Cc2cc(F)ccc2F)cc1. The largest absolute Gasteiger partial charge is 0.480 e. The summed E-state index contributed by atoms with van der Waals surface area (Å²) in [5.74, 6) is -2.09. The molecule has 0 aromatic heterocycles. The number of nitrogens with zero attached hydrogens (tertiary/aromatic N) is 2. The molecule has 0 aliphatic carbocycles. The van der Waals surface area contributed by atoms with E-state index >= 15 is 0 Å². The van der Waals surface area contributed by atoms with Gasteiger partial charge in [-0.25, -0.2) is 18.4 Å². The molecule has 0 spiro atoms. The van der Waals surface area contributed by atoms with E-state index in [2.05, 4.69) is 10.2 Å². The highest BCUT2D eigenvalue weighted by atomic mass is 32.2. The van der Waals surface area contributed by atoms with Crippen LogP contribution in [-0.2, 0) is 17.9 Å². The molecule has 1 atom stereocenters. The lowest BCUT2D eigenvalue weighted by Crippen LogP contribution is -2.41. The predicted molar refractivity (Wildman–Crippen MR) is 167 cm³/mol. The van der Waals surface area contributed by atoms with E-state index in [-0.39, 0.29) is 25.1 Å². The third-order valence-corrected chi connectivity index (χ3v) is 7.71. The summed E-state index contributed by atoms with van der Waals surface area (Å²) in [5.41, 5.74) is 4.82. The van der Waals surface area contributed by atoms with Gasteiger partial charge in [0.2, 0.25) is 0 Å². The fourth-order valence-electron chi connectivity index (χ4n) is 4.78. The Labute approximate surface area is 254 Å². The number of aryl methyl sites for hydroxylation is 1. The van der Waals surface area contributed by atoms with Crippen molar-refractivity contribution in [3.63, 3.8) is 0 Å². The van der Waals surface area contributed by atoms with E-state index in [0.717, 1.165) is 34.9 Å². The number of carboxylic acids is 1. The molecular weight excluding hydrogens is 568 g/mol. The molecule has 0 bridgehead atoms. The zero-order valence-electron chi connectivity index (χ0n) is 23.8. The van der Waals surface area contributed by atoms with E-state index in [4.69, 9.17) is 6.57 Å². The number of carbonyl (C=O) groups excluding carboxylic acids is 1. The van der Waals surface area contributed by atoms with Gasteiger partial charge in [0.05, 0.1) is 6.57 Å². The first kappa shape index (κ1) is 31.3. The van der Waals surface area contributed by atoms with Crippen molar-refractivity contribution in [2.45, 2.75) is 32.5 Å². The van der Waals surface area contributed by atoms with Crippen LogP contribution < -0.4 is 10.2 Å². The van der Waals surface area contributed by atoms with Gasteiger partial charge in [0.1, 0.15) is 17.7 Å². The molecule has 1 amide bonds. The quantitative estimate of drug-likeness (QED) is 0.164. The van der Waals surface area contributed by atoms with Crippen molar-refractivity contribution in [3.05, 3.63) is 130 Å². The molecule has 0 radical (unpaired) electrons. The first-order valence-corrected chi connectivity index (χ1v) is 15.0. The average Bonchev–Trinajstić information content (AvgIpc) is 3.00. The minimum Gasteiger partial charge on any atom is -0.480 e. The van der Waals surface area contributed by atoms with Crippen LogP contribution in [0.4, 0.5) is 20.2 Å². The second-order valence-electron chi connectivity index (χ2n) is 10.1. The molecule has 0 heterocycles. The molecule has 0 aliphatic rings. The van der Waals surface area contributed by atoms with Gasteiger partial charge in [0, 0.05) is 29.9 Å². The lowest BCUT2D eigenvalue weighted by Gasteiger charge is -2.26. The van der Waals surface area contributed by atoms with Crippen molar-refractivity contribution >= 4 is 35.0 Å². The summed E-state index contributed by atoms with van der Waals surface area (Å²) in [5, 5.41) is 12.3. The maximum atomic E-state index is 14.7. The van der Waals surface area contributed by atoms with Crippen LogP contribution in [-0.4, -0.2) is 35.0 Å². The molecule has 9 heteroatoms. The van der Waals surface area contributed by atoms with Crippen LogP contribution in [0.15, 0.2) is 84.9 Å². The summed E-state index contributed by atoms with van der Waals surface area (Å²) < 4.78 is 28.7. The molecule has 220 valence electrons. The monoisotopic (exact) mass is 599 g/mol. The van der Waals surface area contributed by atoms with Crippen molar-refractivity contribution in [1.29, 1.82) is 0 Å². The number of benzene rings is 4. The van der Waals surface area contributed by atoms with E-state index < -0.39 is 29.6 Å². The summed E-state index contributed by atoms with van der Waals surface area (Å²) in [6.45, 7) is 9.52. The van der Waals surface area contributed by atoms with Crippen LogP contribution in [0.5, 0.6) is 0 Å². The van der Waals surface area contributed by atoms with E-state index in [9.17, 15) is 23.5 Å². The van der Waals surface area contributed by atoms with Crippen molar-refractivity contribution in [2.75, 3.05) is 16.9 Å². The number of aliphatic carboxylic acids is 1. The summed E-state index contributed by atoms with van der Waals surface area (Å²) >= 11 is 1.50. The smallest absolute Gasteiger partial charge is 0.326 e. The predicted octanol–water partition coefficient (Wildman–Crippen LogP) is 7.63. The van der Waals surface area contributed by atoms with Crippen molar-refractivity contribution in [1.82, 2.24) is 5.32 Å². The lowest BCUT2D eigenvalue weighted by atomic mass is 9.93. The third kappa shape index (κ3) is 7.99. The van der Waals surface area contributed by atoms with E-state index in [1.54, 1.807) is 36.4 Å². The topological polar surface area (TPSA) is 74.0 Å². The van der Waals surface area contributed by atoms with Gasteiger partial charge in [-0.3, -0.25) is 4.79 Å². The van der Waals surface area contributed by atoms with Crippen LogP contribution in [0.25, 0.3) is 16.0 Å². The van der Waals surface area contributed by atoms with Gasteiger partial charge in [-0.15, -0.1) is 0 Å². The summed E-state index contributed by atoms with van der Waals surface area (Å²) in [6.07, 6.45) is 2.17. The summed E-state index contributed by atoms with van der Waals surface area (Å²) in [6, 6.07) is 22.1. The molecule has 2 N–H and O–H groups in total. The normalized spacial score (nSPS) is 11.4. The first-order valence-electron chi connectivity index (χ1n) is 13.6. The van der Waals surface area contributed by atoms with Crippen LogP contribution in [0.2, 0.25) is 0 Å². The second-order valence-corrected chi connectivity index (χ2v) is 11.0. The molecular formula is C34H31F2N3O3S. The highest BCUT2D eigenvalue weighted by Crippen LogP contribution is 2.31. The van der Waals surface area contributed by atoms with E-state index in [0.29, 0.717) is 28.3 Å². The molecule has 0 unspecified atom stereocenters. The van der Waals surface area contributed by atoms with Gasteiger partial charge < -0.3 is 15.3 Å². The lowest BCUT2D eigenvalue weighted by molar-refractivity contribution is -0.139. The van der Waals surface area contributed by atoms with Gasteiger partial charge in [0.25, 0.3) is 5.91 Å². The second kappa shape index (κ2) is 14.5. The standard InChI is InChI=1S/C34H31F2N3O3S/c1-22-6-4-5-7-28(22)30-18-23(8-14-29(30)33(40)38-32(34(41)42)16-17-43-3)20-39(27-12-10-26(37-2)11-13-27)21-24-19-25(35)9-15-31(24)36/h4-15,18-19,32H,16-17,20-21H2,1,3H3,(H,38,40)(H,41,42)/t32-/m0/s1. The van der Waals surface area contributed by atoms with Crippen LogP contribution in [0.3, 0.4) is 0 Å². The number of nitrogens with one attached hydrogen (secondary N) is 1. The Morgan fingerprint density at radius 2 is 1.72 bits per heavy atom. The average molecular weight is 600 g/mol. The van der Waals surface area contributed by atoms with E-state index in [1.807, 2.05) is 48.4 Å². The Balaban J connectivity index is 1.75. The van der Waals surface area contributed by atoms with Crippen LogP contribution >= 0.6 is 11.8 Å². The Morgan fingerprint density at radius 1 is 0.977 bits per heavy atom. The number of rotatable bonds is 12. The molecule has 4 rings (SSSR count). The number of hydrogen-bond donors (Lipinski definition) is 2. The number of carbonyl (C=O) groups is 2. The molecule has 0 saturated heterocycles. The van der Waals surface area contributed by atoms with Crippen molar-refractivity contribution in [3.8, 4) is 11.1 Å². The minimum atomic E-state index is -1.10. The maximum Gasteiger partial charge on any atom is 0.326 e. The fraction of sp³-hybridized carbons (Fsp3) is 0.206.